The number of rotatable bonds is 0. The van der Waals surface area contributed by atoms with E-state index in [4.69, 9.17) is 0 Å². The van der Waals surface area contributed by atoms with Crippen LogP contribution in [0.4, 0.5) is 0 Å². The topological polar surface area (TPSA) is 40.6 Å². The number of aromatic nitrogens is 5. The summed E-state index contributed by atoms with van der Waals surface area (Å²) in [5, 5.41) is 4.13. The van der Waals surface area contributed by atoms with Gasteiger partial charge in [-0.2, -0.15) is 5.10 Å². The van der Waals surface area contributed by atoms with Crippen LogP contribution in [0, 0.1) is 41.5 Å². The molecule has 0 N–H and O–H groups in total. The van der Waals surface area contributed by atoms with Gasteiger partial charge in [0, 0.05) is 44.9 Å². The summed E-state index contributed by atoms with van der Waals surface area (Å²) in [7, 11) is 6.00. The van der Waals surface area contributed by atoms with E-state index < -0.39 is 0 Å². The van der Waals surface area contributed by atoms with Gasteiger partial charge in [-0.1, -0.05) is 0 Å². The molecule has 24 heavy (non-hydrogen) atoms. The van der Waals surface area contributed by atoms with Crippen LogP contribution >= 0.6 is 0 Å². The summed E-state index contributed by atoms with van der Waals surface area (Å²) in [4.78, 5) is 4.17. The molecule has 0 saturated heterocycles. The van der Waals surface area contributed by atoms with Crippen LogP contribution in [0.2, 0.25) is 0 Å². The first-order chi connectivity index (χ1) is 11.1. The minimum Gasteiger partial charge on any atom is -0.354 e. The van der Waals surface area contributed by atoms with Crippen molar-refractivity contribution >= 4 is 0 Å². The zero-order valence-corrected chi connectivity index (χ0v) is 16.5. The van der Waals surface area contributed by atoms with Crippen molar-refractivity contribution in [1.82, 2.24) is 23.9 Å². The first-order valence-electron chi connectivity index (χ1n) is 8.13. The number of hydrogen-bond donors (Lipinski definition) is 0. The summed E-state index contributed by atoms with van der Waals surface area (Å²) < 4.78 is 6.00. The van der Waals surface area contributed by atoms with Crippen molar-refractivity contribution in [2.75, 3.05) is 0 Å². The summed E-state index contributed by atoms with van der Waals surface area (Å²) >= 11 is 0. The quantitative estimate of drug-likeness (QED) is 0.631. The van der Waals surface area contributed by atoms with Crippen LogP contribution in [0.1, 0.15) is 34.2 Å². The SMILES string of the molecule is Cc1cc(C)n(C)c1.Cc1cc(C)n(C)n1.Cc1cn(C)c(C)n1. The highest BCUT2D eigenvalue weighted by Gasteiger charge is 1.92. The van der Waals surface area contributed by atoms with Crippen molar-refractivity contribution in [2.45, 2.75) is 41.5 Å². The molecule has 0 spiro atoms. The molecular formula is C19H31N5. The van der Waals surface area contributed by atoms with E-state index in [1.54, 1.807) is 0 Å². The highest BCUT2D eigenvalue weighted by atomic mass is 15.3. The van der Waals surface area contributed by atoms with E-state index in [0.717, 1.165) is 17.2 Å². The van der Waals surface area contributed by atoms with E-state index in [2.05, 4.69) is 53.9 Å². The molecule has 0 aromatic carbocycles. The van der Waals surface area contributed by atoms with Crippen LogP contribution in [0.5, 0.6) is 0 Å². The number of aryl methyl sites for hydroxylation is 9. The van der Waals surface area contributed by atoms with Crippen LogP contribution in [0.25, 0.3) is 0 Å². The number of imidazole rings is 1. The van der Waals surface area contributed by atoms with Crippen LogP contribution in [-0.2, 0) is 21.1 Å². The molecule has 132 valence electrons. The molecule has 0 fully saturated rings. The average molecular weight is 329 g/mol. The maximum atomic E-state index is 4.17. The van der Waals surface area contributed by atoms with Gasteiger partial charge in [0.1, 0.15) is 5.82 Å². The van der Waals surface area contributed by atoms with Gasteiger partial charge in [-0.05, 0) is 59.2 Å². The summed E-state index contributed by atoms with van der Waals surface area (Å²) in [5.41, 5.74) is 6.05. The maximum absolute atomic E-state index is 4.17. The fourth-order valence-corrected chi connectivity index (χ4v) is 2.35. The lowest BCUT2D eigenvalue weighted by Gasteiger charge is -1.89. The second-order valence-corrected chi connectivity index (χ2v) is 6.36. The van der Waals surface area contributed by atoms with Crippen molar-refractivity contribution in [3.63, 3.8) is 0 Å². The lowest BCUT2D eigenvalue weighted by molar-refractivity contribution is 0.731. The Bertz CT molecular complexity index is 610. The van der Waals surface area contributed by atoms with Crippen molar-refractivity contribution < 1.29 is 0 Å². The third kappa shape index (κ3) is 6.07. The summed E-state index contributed by atoms with van der Waals surface area (Å²) in [6.07, 6.45) is 4.13. The largest absolute Gasteiger partial charge is 0.354 e. The maximum Gasteiger partial charge on any atom is 0.105 e. The summed E-state index contributed by atoms with van der Waals surface area (Å²) in [6.45, 7) is 12.2. The highest BCUT2D eigenvalue weighted by molar-refractivity contribution is 5.14. The first-order valence-corrected chi connectivity index (χ1v) is 8.13. The van der Waals surface area contributed by atoms with Gasteiger partial charge in [-0.25, -0.2) is 4.98 Å². The van der Waals surface area contributed by atoms with E-state index in [-0.39, 0.29) is 0 Å². The van der Waals surface area contributed by atoms with Crippen molar-refractivity contribution in [1.29, 1.82) is 0 Å². The fraction of sp³-hybridized carbons (Fsp3) is 0.474. The van der Waals surface area contributed by atoms with Gasteiger partial charge in [0.15, 0.2) is 0 Å². The van der Waals surface area contributed by atoms with Gasteiger partial charge < -0.3 is 9.13 Å². The molecule has 0 amide bonds. The first kappa shape index (κ1) is 19.7. The van der Waals surface area contributed by atoms with Gasteiger partial charge in [-0.3, -0.25) is 4.68 Å². The van der Waals surface area contributed by atoms with Crippen LogP contribution in [-0.4, -0.2) is 23.9 Å². The highest BCUT2D eigenvalue weighted by Crippen LogP contribution is 2.02. The van der Waals surface area contributed by atoms with Gasteiger partial charge in [0.05, 0.1) is 11.4 Å². The minimum absolute atomic E-state index is 1.07. The lowest BCUT2D eigenvalue weighted by atomic mass is 10.4. The lowest BCUT2D eigenvalue weighted by Crippen LogP contribution is -1.91. The normalized spacial score (nSPS) is 9.88. The second-order valence-electron chi connectivity index (χ2n) is 6.36. The molecule has 0 unspecified atom stereocenters. The van der Waals surface area contributed by atoms with E-state index in [1.807, 2.05) is 57.2 Å². The van der Waals surface area contributed by atoms with Crippen molar-refractivity contribution in [3.05, 3.63) is 58.7 Å². The molecule has 0 aliphatic rings. The van der Waals surface area contributed by atoms with Gasteiger partial charge >= 0.3 is 0 Å². The Hall–Kier alpha value is -2.30. The standard InChI is InChI=1S/C7H11N.2C6H10N2/c1-6-4-7(2)8(3)5-6;1-5-4-8(3)6(2)7-5;1-5-4-6(2)8(3)7-5/h4-5H,1-3H3;2*4H,1-3H3. The number of nitrogens with zero attached hydrogens (tertiary/aromatic N) is 5. The predicted octanol–water partition coefficient (Wildman–Crippen LogP) is 3.72. The van der Waals surface area contributed by atoms with E-state index in [9.17, 15) is 0 Å². The molecule has 0 radical (unpaired) electrons. The number of hydrogen-bond acceptors (Lipinski definition) is 2. The van der Waals surface area contributed by atoms with E-state index >= 15 is 0 Å². The minimum atomic E-state index is 1.07. The summed E-state index contributed by atoms with van der Waals surface area (Å²) in [5.74, 6) is 1.07. The Morgan fingerprint density at radius 1 is 0.708 bits per heavy atom. The van der Waals surface area contributed by atoms with Crippen LogP contribution in [0.3, 0.4) is 0 Å². The zero-order chi connectivity index (χ0) is 18.4. The Morgan fingerprint density at radius 3 is 1.46 bits per heavy atom. The monoisotopic (exact) mass is 329 g/mol. The Labute approximate surface area is 146 Å². The Kier molecular flexibility index (Phi) is 7.01. The third-order valence-electron chi connectivity index (χ3n) is 3.86. The van der Waals surface area contributed by atoms with Gasteiger partial charge in [-0.15, -0.1) is 0 Å². The average Bonchev–Trinajstić information content (AvgIpc) is 3.01. The molecule has 0 atom stereocenters. The molecule has 0 bridgehead atoms. The molecule has 3 rings (SSSR count). The molecule has 0 aliphatic heterocycles. The van der Waals surface area contributed by atoms with Gasteiger partial charge in [0.2, 0.25) is 0 Å². The zero-order valence-electron chi connectivity index (χ0n) is 16.5. The van der Waals surface area contributed by atoms with E-state index in [0.29, 0.717) is 0 Å². The van der Waals surface area contributed by atoms with Gasteiger partial charge in [0.25, 0.3) is 0 Å². The Morgan fingerprint density at radius 2 is 1.33 bits per heavy atom. The predicted molar refractivity (Wildman–Crippen MR) is 100 cm³/mol. The van der Waals surface area contributed by atoms with Crippen LogP contribution < -0.4 is 0 Å². The molecule has 0 saturated carbocycles. The third-order valence-corrected chi connectivity index (χ3v) is 3.86. The molecule has 3 heterocycles. The fourth-order valence-electron chi connectivity index (χ4n) is 2.35. The van der Waals surface area contributed by atoms with E-state index in [1.165, 1.54) is 17.0 Å². The molecule has 3 aromatic rings. The molecular weight excluding hydrogens is 298 g/mol. The van der Waals surface area contributed by atoms with Crippen molar-refractivity contribution in [3.8, 4) is 0 Å². The van der Waals surface area contributed by atoms with Crippen molar-refractivity contribution in [2.24, 2.45) is 21.1 Å². The molecule has 0 aliphatic carbocycles. The molecule has 5 nitrogen and oxygen atoms in total. The smallest absolute Gasteiger partial charge is 0.105 e. The van der Waals surface area contributed by atoms with Crippen LogP contribution in [0.15, 0.2) is 24.5 Å². The molecule has 5 heteroatoms. The second kappa shape index (κ2) is 8.52. The summed E-state index contributed by atoms with van der Waals surface area (Å²) in [6, 6.07) is 4.22. The molecule has 3 aromatic heterocycles. The Balaban J connectivity index is 0.000000180.